The second-order valence-electron chi connectivity index (χ2n) is 4.70. The molecule has 0 radical (unpaired) electrons. The van der Waals surface area contributed by atoms with Crippen LogP contribution in [0.3, 0.4) is 0 Å². The summed E-state index contributed by atoms with van der Waals surface area (Å²) in [4.78, 5) is 18.3. The van der Waals surface area contributed by atoms with Gasteiger partial charge in [0.25, 0.3) is 5.91 Å². The molecule has 0 aliphatic carbocycles. The lowest BCUT2D eigenvalue weighted by Crippen LogP contribution is -2.32. The van der Waals surface area contributed by atoms with Gasteiger partial charge >= 0.3 is 0 Å². The fourth-order valence-corrected chi connectivity index (χ4v) is 2.39. The Morgan fingerprint density at radius 1 is 1.41 bits per heavy atom. The fourth-order valence-electron chi connectivity index (χ4n) is 2.15. The summed E-state index contributed by atoms with van der Waals surface area (Å²) in [6, 6.07) is 3.64. The van der Waals surface area contributed by atoms with E-state index >= 15 is 0 Å². The van der Waals surface area contributed by atoms with Crippen LogP contribution in [-0.2, 0) is 0 Å². The Bertz CT molecular complexity index is 391. The molecule has 3 nitrogen and oxygen atoms in total. The first-order chi connectivity index (χ1) is 8.16. The maximum atomic E-state index is 12.2. The fraction of sp³-hybridized carbons (Fsp3) is 0.538. The van der Waals surface area contributed by atoms with Crippen molar-refractivity contribution in [2.24, 2.45) is 5.92 Å². The van der Waals surface area contributed by atoms with Gasteiger partial charge in [0.1, 0.15) is 4.60 Å². The average molecular weight is 297 g/mol. The summed E-state index contributed by atoms with van der Waals surface area (Å²) in [6.07, 6.45) is 5.08. The summed E-state index contributed by atoms with van der Waals surface area (Å²) in [7, 11) is 0. The Balaban J connectivity index is 2.06. The molecule has 1 atom stereocenters. The van der Waals surface area contributed by atoms with Gasteiger partial charge in [0, 0.05) is 19.3 Å². The second kappa shape index (κ2) is 5.63. The molecule has 2 heterocycles. The number of nitrogens with zero attached hydrogens (tertiary/aromatic N) is 2. The Labute approximate surface area is 110 Å². The highest BCUT2D eigenvalue weighted by molar-refractivity contribution is 9.10. The van der Waals surface area contributed by atoms with Gasteiger partial charge in [-0.25, -0.2) is 4.98 Å². The molecule has 1 aromatic rings. The van der Waals surface area contributed by atoms with Gasteiger partial charge in [-0.15, -0.1) is 0 Å². The Kier molecular flexibility index (Phi) is 4.15. The van der Waals surface area contributed by atoms with Crippen LogP contribution in [-0.4, -0.2) is 28.9 Å². The molecule has 1 aromatic heterocycles. The number of likely N-dealkylation sites (tertiary alicyclic amines) is 1. The van der Waals surface area contributed by atoms with Crippen molar-refractivity contribution < 1.29 is 4.79 Å². The molecule has 17 heavy (non-hydrogen) atoms. The van der Waals surface area contributed by atoms with Gasteiger partial charge in [0.2, 0.25) is 0 Å². The molecule has 1 saturated heterocycles. The van der Waals surface area contributed by atoms with Crippen LogP contribution in [0.5, 0.6) is 0 Å². The smallest absolute Gasteiger partial charge is 0.255 e. The van der Waals surface area contributed by atoms with Crippen LogP contribution in [0, 0.1) is 5.92 Å². The van der Waals surface area contributed by atoms with Gasteiger partial charge in [-0.3, -0.25) is 4.79 Å². The van der Waals surface area contributed by atoms with Crippen molar-refractivity contribution >= 4 is 21.8 Å². The molecule has 92 valence electrons. The zero-order chi connectivity index (χ0) is 12.3. The third-order valence-electron chi connectivity index (χ3n) is 3.28. The summed E-state index contributed by atoms with van der Waals surface area (Å²) in [6.45, 7) is 4.00. The lowest BCUT2D eigenvalue weighted by molar-refractivity contribution is 0.0760. The molecule has 0 N–H and O–H groups in total. The Morgan fingerprint density at radius 3 is 2.94 bits per heavy atom. The minimum Gasteiger partial charge on any atom is -0.339 e. The zero-order valence-electron chi connectivity index (χ0n) is 10.0. The van der Waals surface area contributed by atoms with Crippen LogP contribution in [0.15, 0.2) is 22.9 Å². The Hall–Kier alpha value is -0.900. The summed E-state index contributed by atoms with van der Waals surface area (Å²) < 4.78 is 0.763. The Morgan fingerprint density at radius 2 is 2.24 bits per heavy atom. The van der Waals surface area contributed by atoms with Crippen molar-refractivity contribution in [3.8, 4) is 0 Å². The molecule has 1 amide bonds. The molecular weight excluding hydrogens is 280 g/mol. The number of amides is 1. The van der Waals surface area contributed by atoms with Crippen LogP contribution >= 0.6 is 15.9 Å². The third-order valence-corrected chi connectivity index (χ3v) is 3.75. The van der Waals surface area contributed by atoms with Gasteiger partial charge in [-0.1, -0.05) is 6.92 Å². The number of aromatic nitrogens is 1. The summed E-state index contributed by atoms with van der Waals surface area (Å²) in [5.41, 5.74) is 0.683. The van der Waals surface area contributed by atoms with E-state index in [2.05, 4.69) is 27.8 Å². The summed E-state index contributed by atoms with van der Waals surface area (Å²) in [5.74, 6) is 0.843. The summed E-state index contributed by atoms with van der Waals surface area (Å²) in [5, 5.41) is 0. The van der Waals surface area contributed by atoms with E-state index in [-0.39, 0.29) is 5.91 Å². The van der Waals surface area contributed by atoms with Crippen molar-refractivity contribution in [3.63, 3.8) is 0 Å². The van der Waals surface area contributed by atoms with Crippen molar-refractivity contribution in [3.05, 3.63) is 28.5 Å². The lowest BCUT2D eigenvalue weighted by atomic mass is 10.0. The van der Waals surface area contributed by atoms with E-state index < -0.39 is 0 Å². The van der Waals surface area contributed by atoms with Gasteiger partial charge in [-0.05, 0) is 53.2 Å². The number of halogens is 1. The van der Waals surface area contributed by atoms with Crippen LogP contribution in [0.2, 0.25) is 0 Å². The molecule has 0 saturated carbocycles. The van der Waals surface area contributed by atoms with Crippen molar-refractivity contribution in [1.82, 2.24) is 9.88 Å². The summed E-state index contributed by atoms with van der Waals surface area (Å²) >= 11 is 3.27. The monoisotopic (exact) mass is 296 g/mol. The maximum Gasteiger partial charge on any atom is 0.255 e. The molecule has 0 aromatic carbocycles. The normalized spacial score (nSPS) is 21.1. The zero-order valence-corrected chi connectivity index (χ0v) is 11.6. The van der Waals surface area contributed by atoms with E-state index in [1.807, 2.05) is 17.0 Å². The molecule has 1 aliphatic heterocycles. The first-order valence-corrected chi connectivity index (χ1v) is 6.87. The average Bonchev–Trinajstić information content (AvgIpc) is 2.54. The van der Waals surface area contributed by atoms with Crippen LogP contribution in [0.25, 0.3) is 0 Å². The first-order valence-electron chi connectivity index (χ1n) is 6.07. The highest BCUT2D eigenvalue weighted by atomic mass is 79.9. The molecular formula is C13H17BrN2O. The SMILES string of the molecule is CC1CCCN(C(=O)c2ccc(Br)nc2)CC1. The molecule has 0 bridgehead atoms. The molecule has 1 unspecified atom stereocenters. The van der Waals surface area contributed by atoms with Gasteiger partial charge < -0.3 is 4.90 Å². The van der Waals surface area contributed by atoms with Crippen LogP contribution < -0.4 is 0 Å². The van der Waals surface area contributed by atoms with Gasteiger partial charge in [0.05, 0.1) is 5.56 Å². The van der Waals surface area contributed by atoms with Crippen LogP contribution in [0.4, 0.5) is 0 Å². The number of pyridine rings is 1. The molecule has 1 fully saturated rings. The van der Waals surface area contributed by atoms with Crippen molar-refractivity contribution in [2.75, 3.05) is 13.1 Å². The number of carbonyl (C=O) groups excluding carboxylic acids is 1. The third kappa shape index (κ3) is 3.28. The van der Waals surface area contributed by atoms with E-state index in [1.165, 1.54) is 6.42 Å². The maximum absolute atomic E-state index is 12.2. The second-order valence-corrected chi connectivity index (χ2v) is 5.51. The van der Waals surface area contributed by atoms with Crippen molar-refractivity contribution in [1.29, 1.82) is 0 Å². The number of hydrogen-bond acceptors (Lipinski definition) is 2. The standard InChI is InChI=1S/C13H17BrN2O/c1-10-3-2-7-16(8-6-10)13(17)11-4-5-12(14)15-9-11/h4-5,9-10H,2-3,6-8H2,1H3. The van der Waals surface area contributed by atoms with Crippen molar-refractivity contribution in [2.45, 2.75) is 26.2 Å². The highest BCUT2D eigenvalue weighted by Gasteiger charge is 2.19. The van der Waals surface area contributed by atoms with E-state index in [9.17, 15) is 4.79 Å². The number of hydrogen-bond donors (Lipinski definition) is 0. The quantitative estimate of drug-likeness (QED) is 0.746. The van der Waals surface area contributed by atoms with E-state index in [4.69, 9.17) is 0 Å². The molecule has 1 aliphatic rings. The molecule has 2 rings (SSSR count). The van der Waals surface area contributed by atoms with E-state index in [0.717, 1.165) is 36.5 Å². The molecule has 0 spiro atoms. The van der Waals surface area contributed by atoms with Crippen LogP contribution in [0.1, 0.15) is 36.5 Å². The number of rotatable bonds is 1. The predicted octanol–water partition coefficient (Wildman–Crippen LogP) is 3.11. The van der Waals surface area contributed by atoms with Gasteiger partial charge in [-0.2, -0.15) is 0 Å². The first kappa shape index (κ1) is 12.6. The minimum absolute atomic E-state index is 0.110. The van der Waals surface area contributed by atoms with E-state index in [0.29, 0.717) is 5.56 Å². The number of carbonyl (C=O) groups is 1. The minimum atomic E-state index is 0.110. The van der Waals surface area contributed by atoms with E-state index in [1.54, 1.807) is 6.20 Å². The lowest BCUT2D eigenvalue weighted by Gasteiger charge is -2.20. The molecule has 4 heteroatoms. The largest absolute Gasteiger partial charge is 0.339 e. The highest BCUT2D eigenvalue weighted by Crippen LogP contribution is 2.18. The topological polar surface area (TPSA) is 33.2 Å². The predicted molar refractivity (Wildman–Crippen MR) is 70.9 cm³/mol. The van der Waals surface area contributed by atoms with Gasteiger partial charge in [0.15, 0.2) is 0 Å².